The highest BCUT2D eigenvalue weighted by molar-refractivity contribution is 8.14. The maximum absolute atomic E-state index is 12.9. The number of nitrogens with zero attached hydrogens (tertiary/aromatic N) is 2. The molecular formula is C21H20N2O4S. The number of carbonyl (C=O) groups excluding carboxylic acids is 2. The van der Waals surface area contributed by atoms with Gasteiger partial charge in [0.2, 0.25) is 5.91 Å². The molecule has 0 saturated carbocycles. The minimum Gasteiger partial charge on any atom is -0.481 e. The van der Waals surface area contributed by atoms with Gasteiger partial charge in [-0.3, -0.25) is 19.3 Å². The minimum absolute atomic E-state index is 0.239. The van der Waals surface area contributed by atoms with Crippen LogP contribution in [0, 0.1) is 12.8 Å². The first-order chi connectivity index (χ1) is 13.4. The molecule has 1 unspecified atom stereocenters. The van der Waals surface area contributed by atoms with E-state index in [1.54, 1.807) is 24.3 Å². The second-order valence-corrected chi connectivity index (χ2v) is 7.57. The molecule has 7 heteroatoms. The van der Waals surface area contributed by atoms with Gasteiger partial charge in [-0.15, -0.1) is 0 Å². The Labute approximate surface area is 167 Å². The first-order valence-electron chi connectivity index (χ1n) is 8.83. The zero-order valence-electron chi connectivity index (χ0n) is 15.4. The predicted molar refractivity (Wildman–Crippen MR) is 108 cm³/mol. The standard InChI is InChI=1S/C21H20N2O4S/c1-14-7-9-15(10-8-14)12-23-20(27)17(11-18(24)25)13-28-21(23)22-19(26)16-5-3-2-4-6-16/h2-10,17H,11-13H2,1H3,(H,24,25). The molecule has 1 N–H and O–H groups in total. The highest BCUT2D eigenvalue weighted by Gasteiger charge is 2.35. The number of aliphatic imine (C=N–C) groups is 1. The topological polar surface area (TPSA) is 87.0 Å². The molecule has 1 heterocycles. The zero-order chi connectivity index (χ0) is 20.1. The molecule has 3 rings (SSSR count). The fraction of sp³-hybridized carbons (Fsp3) is 0.238. The van der Waals surface area contributed by atoms with Crippen molar-refractivity contribution in [3.63, 3.8) is 0 Å². The van der Waals surface area contributed by atoms with Crippen molar-refractivity contribution in [2.24, 2.45) is 10.9 Å². The molecule has 0 aromatic heterocycles. The number of carboxylic acids is 1. The fourth-order valence-electron chi connectivity index (χ4n) is 2.84. The number of rotatable bonds is 5. The molecule has 0 spiro atoms. The molecule has 0 radical (unpaired) electrons. The van der Waals surface area contributed by atoms with Gasteiger partial charge >= 0.3 is 5.97 Å². The summed E-state index contributed by atoms with van der Waals surface area (Å²) in [5, 5.41) is 9.39. The van der Waals surface area contributed by atoms with Crippen LogP contribution in [0.15, 0.2) is 59.6 Å². The van der Waals surface area contributed by atoms with Crippen molar-refractivity contribution in [2.75, 3.05) is 5.75 Å². The van der Waals surface area contributed by atoms with Gasteiger partial charge in [0.05, 0.1) is 18.9 Å². The molecule has 1 aliphatic rings. The van der Waals surface area contributed by atoms with Crippen LogP contribution >= 0.6 is 11.8 Å². The van der Waals surface area contributed by atoms with Crippen LogP contribution in [0.3, 0.4) is 0 Å². The lowest BCUT2D eigenvalue weighted by atomic mass is 10.1. The number of benzene rings is 2. The van der Waals surface area contributed by atoms with Crippen molar-refractivity contribution in [1.29, 1.82) is 0 Å². The Morgan fingerprint density at radius 3 is 2.46 bits per heavy atom. The number of carboxylic acid groups (broad SMARTS) is 1. The van der Waals surface area contributed by atoms with E-state index in [9.17, 15) is 14.4 Å². The van der Waals surface area contributed by atoms with Gasteiger partial charge in [0.1, 0.15) is 0 Å². The summed E-state index contributed by atoms with van der Waals surface area (Å²) in [4.78, 5) is 42.1. The Balaban J connectivity index is 1.89. The molecule has 28 heavy (non-hydrogen) atoms. The molecule has 0 bridgehead atoms. The molecule has 2 aromatic rings. The minimum atomic E-state index is -1.02. The van der Waals surface area contributed by atoms with Crippen LogP contribution in [0.4, 0.5) is 0 Å². The fourth-order valence-corrected chi connectivity index (χ4v) is 3.91. The van der Waals surface area contributed by atoms with Crippen molar-refractivity contribution < 1.29 is 19.5 Å². The first-order valence-corrected chi connectivity index (χ1v) is 9.82. The number of amidine groups is 1. The van der Waals surface area contributed by atoms with E-state index < -0.39 is 17.8 Å². The lowest BCUT2D eigenvalue weighted by Gasteiger charge is -2.32. The van der Waals surface area contributed by atoms with Crippen LogP contribution in [0.1, 0.15) is 27.9 Å². The number of thioether (sulfide) groups is 1. The first kappa shape index (κ1) is 19.8. The van der Waals surface area contributed by atoms with Gasteiger partial charge in [0.15, 0.2) is 5.17 Å². The van der Waals surface area contributed by atoms with Gasteiger partial charge in [-0.1, -0.05) is 59.8 Å². The van der Waals surface area contributed by atoms with Gasteiger partial charge in [-0.05, 0) is 24.6 Å². The monoisotopic (exact) mass is 396 g/mol. The Kier molecular flexibility index (Phi) is 6.26. The van der Waals surface area contributed by atoms with Gasteiger partial charge < -0.3 is 5.11 Å². The van der Waals surface area contributed by atoms with E-state index >= 15 is 0 Å². The maximum atomic E-state index is 12.9. The van der Waals surface area contributed by atoms with Crippen molar-refractivity contribution in [3.05, 3.63) is 71.3 Å². The van der Waals surface area contributed by atoms with Crippen LogP contribution in [-0.4, -0.2) is 38.7 Å². The number of hydrogen-bond acceptors (Lipinski definition) is 4. The van der Waals surface area contributed by atoms with Crippen molar-refractivity contribution >= 4 is 34.7 Å². The summed E-state index contributed by atoms with van der Waals surface area (Å²) in [5.74, 6) is -2.12. The summed E-state index contributed by atoms with van der Waals surface area (Å²) >= 11 is 1.24. The van der Waals surface area contributed by atoms with Crippen LogP contribution in [0.5, 0.6) is 0 Å². The van der Waals surface area contributed by atoms with E-state index in [2.05, 4.69) is 4.99 Å². The average molecular weight is 396 g/mol. The number of amides is 2. The second kappa shape index (κ2) is 8.84. The zero-order valence-corrected chi connectivity index (χ0v) is 16.2. The van der Waals surface area contributed by atoms with Crippen LogP contribution in [0.2, 0.25) is 0 Å². The molecule has 2 amide bonds. The predicted octanol–water partition coefficient (Wildman–Crippen LogP) is 3.36. The molecule has 144 valence electrons. The summed E-state index contributed by atoms with van der Waals surface area (Å²) in [5.41, 5.74) is 2.42. The molecule has 6 nitrogen and oxygen atoms in total. The van der Waals surface area contributed by atoms with E-state index in [4.69, 9.17) is 5.11 Å². The van der Waals surface area contributed by atoms with Crippen LogP contribution in [-0.2, 0) is 16.1 Å². The summed E-state index contributed by atoms with van der Waals surface area (Å²) < 4.78 is 0. The summed E-state index contributed by atoms with van der Waals surface area (Å²) in [6.45, 7) is 2.21. The van der Waals surface area contributed by atoms with Gasteiger partial charge in [-0.2, -0.15) is 4.99 Å². The van der Waals surface area contributed by atoms with E-state index in [0.717, 1.165) is 11.1 Å². The van der Waals surface area contributed by atoms with E-state index in [0.29, 0.717) is 10.7 Å². The van der Waals surface area contributed by atoms with Crippen LogP contribution < -0.4 is 0 Å². The Hall–Kier alpha value is -2.93. The van der Waals surface area contributed by atoms with Crippen LogP contribution in [0.25, 0.3) is 0 Å². The van der Waals surface area contributed by atoms with E-state index in [-0.39, 0.29) is 24.6 Å². The Morgan fingerprint density at radius 1 is 1.14 bits per heavy atom. The molecular weight excluding hydrogens is 376 g/mol. The SMILES string of the molecule is Cc1ccc(CN2C(=O)C(CC(=O)O)CSC2=NC(=O)c2ccccc2)cc1. The summed E-state index contributed by atoms with van der Waals surface area (Å²) in [6, 6.07) is 16.3. The van der Waals surface area contributed by atoms with Crippen molar-refractivity contribution in [1.82, 2.24) is 4.90 Å². The number of aliphatic carboxylic acids is 1. The largest absolute Gasteiger partial charge is 0.481 e. The molecule has 1 atom stereocenters. The summed E-state index contributed by atoms with van der Waals surface area (Å²) in [7, 11) is 0. The molecule has 0 aliphatic carbocycles. The van der Waals surface area contributed by atoms with Gasteiger partial charge in [0, 0.05) is 11.3 Å². The van der Waals surface area contributed by atoms with Gasteiger partial charge in [0.25, 0.3) is 5.91 Å². The normalized spacial score (nSPS) is 18.3. The number of aryl methyl sites for hydroxylation is 1. The van der Waals surface area contributed by atoms with E-state index in [1.807, 2.05) is 37.3 Å². The Morgan fingerprint density at radius 2 is 1.82 bits per heavy atom. The quantitative estimate of drug-likeness (QED) is 0.837. The molecule has 1 fully saturated rings. The third-order valence-electron chi connectivity index (χ3n) is 4.36. The van der Waals surface area contributed by atoms with E-state index in [1.165, 1.54) is 16.7 Å². The lowest BCUT2D eigenvalue weighted by molar-refractivity contribution is -0.142. The van der Waals surface area contributed by atoms with Gasteiger partial charge in [-0.25, -0.2) is 0 Å². The third-order valence-corrected chi connectivity index (χ3v) is 5.50. The average Bonchev–Trinajstić information content (AvgIpc) is 2.68. The number of carbonyl (C=O) groups is 3. The molecule has 1 saturated heterocycles. The third kappa shape index (κ3) is 4.86. The smallest absolute Gasteiger partial charge is 0.304 e. The van der Waals surface area contributed by atoms with Crippen molar-refractivity contribution in [3.8, 4) is 0 Å². The summed E-state index contributed by atoms with van der Waals surface area (Å²) in [6.07, 6.45) is -0.240. The van der Waals surface area contributed by atoms with Crippen molar-refractivity contribution in [2.45, 2.75) is 19.9 Å². The Bertz CT molecular complexity index is 910. The lowest BCUT2D eigenvalue weighted by Crippen LogP contribution is -2.45. The maximum Gasteiger partial charge on any atom is 0.304 e. The highest BCUT2D eigenvalue weighted by atomic mass is 32.2. The highest BCUT2D eigenvalue weighted by Crippen LogP contribution is 2.28. The molecule has 2 aromatic carbocycles. The number of hydrogen-bond donors (Lipinski definition) is 1. The second-order valence-electron chi connectivity index (χ2n) is 6.58. The molecule has 1 aliphatic heterocycles.